The van der Waals surface area contributed by atoms with Crippen LogP contribution in [0.2, 0.25) is 0 Å². The minimum absolute atomic E-state index is 0.455. The molecular formula is C21H35N3O5. The number of hydrogen-bond acceptors (Lipinski definition) is 6. The van der Waals surface area contributed by atoms with Crippen LogP contribution in [-0.4, -0.2) is 66.8 Å². The predicted molar refractivity (Wildman–Crippen MR) is 113 cm³/mol. The highest BCUT2D eigenvalue weighted by Crippen LogP contribution is 2.39. The van der Waals surface area contributed by atoms with Crippen LogP contribution in [-0.2, 0) is 16.0 Å². The van der Waals surface area contributed by atoms with E-state index in [9.17, 15) is 0 Å². The van der Waals surface area contributed by atoms with E-state index in [4.69, 9.17) is 23.7 Å². The second-order valence-corrected chi connectivity index (χ2v) is 6.77. The number of benzene rings is 1. The molecule has 1 atom stereocenters. The van der Waals surface area contributed by atoms with Gasteiger partial charge in [-0.15, -0.1) is 0 Å². The van der Waals surface area contributed by atoms with E-state index in [0.717, 1.165) is 63.9 Å². The molecule has 164 valence electrons. The van der Waals surface area contributed by atoms with E-state index in [2.05, 4.69) is 15.6 Å². The van der Waals surface area contributed by atoms with E-state index in [0.29, 0.717) is 29.7 Å². The smallest absolute Gasteiger partial charge is 0.203 e. The molecule has 2 N–H and O–H groups in total. The fourth-order valence-electron chi connectivity index (χ4n) is 3.14. The highest BCUT2D eigenvalue weighted by atomic mass is 16.5. The molecule has 1 heterocycles. The fraction of sp³-hybridized carbons (Fsp3) is 0.667. The Hall–Kier alpha value is -2.19. The van der Waals surface area contributed by atoms with E-state index in [1.54, 1.807) is 21.3 Å². The Balaban J connectivity index is 1.84. The van der Waals surface area contributed by atoms with Gasteiger partial charge in [-0.05, 0) is 31.9 Å². The number of ether oxygens (including phenoxy) is 5. The van der Waals surface area contributed by atoms with Gasteiger partial charge in [0.1, 0.15) is 0 Å². The van der Waals surface area contributed by atoms with Gasteiger partial charge in [0.2, 0.25) is 5.75 Å². The summed E-state index contributed by atoms with van der Waals surface area (Å²) in [4.78, 5) is 4.66. The molecule has 8 nitrogen and oxygen atoms in total. The summed E-state index contributed by atoms with van der Waals surface area (Å²) in [7, 11) is 4.82. The molecule has 0 bridgehead atoms. The van der Waals surface area contributed by atoms with E-state index in [1.165, 1.54) is 0 Å². The van der Waals surface area contributed by atoms with Crippen molar-refractivity contribution in [2.75, 3.05) is 60.8 Å². The summed E-state index contributed by atoms with van der Waals surface area (Å²) in [5.74, 6) is 3.15. The predicted octanol–water partition coefficient (Wildman–Crippen LogP) is 2.21. The summed E-state index contributed by atoms with van der Waals surface area (Å²) < 4.78 is 27.4. The lowest BCUT2D eigenvalue weighted by Crippen LogP contribution is -2.38. The van der Waals surface area contributed by atoms with Gasteiger partial charge in [0.25, 0.3) is 0 Å². The average molecular weight is 410 g/mol. The number of nitrogens with zero attached hydrogens (tertiary/aromatic N) is 1. The number of guanidine groups is 1. The van der Waals surface area contributed by atoms with E-state index < -0.39 is 0 Å². The van der Waals surface area contributed by atoms with Gasteiger partial charge >= 0.3 is 0 Å². The first-order valence-corrected chi connectivity index (χ1v) is 10.2. The van der Waals surface area contributed by atoms with E-state index in [1.807, 2.05) is 19.1 Å². The molecule has 1 aromatic carbocycles. The summed E-state index contributed by atoms with van der Waals surface area (Å²) in [6, 6.07) is 3.80. The monoisotopic (exact) mass is 409 g/mol. The van der Waals surface area contributed by atoms with Crippen molar-refractivity contribution in [3.8, 4) is 17.2 Å². The first-order valence-electron chi connectivity index (χ1n) is 10.2. The molecule has 0 aromatic heterocycles. The first kappa shape index (κ1) is 23.1. The van der Waals surface area contributed by atoms with Crippen molar-refractivity contribution in [3.63, 3.8) is 0 Å². The summed E-state index contributed by atoms with van der Waals surface area (Å²) >= 11 is 0. The van der Waals surface area contributed by atoms with Crippen LogP contribution in [0.4, 0.5) is 0 Å². The van der Waals surface area contributed by atoms with Crippen LogP contribution in [0, 0.1) is 5.92 Å². The molecule has 8 heteroatoms. The largest absolute Gasteiger partial charge is 0.493 e. The van der Waals surface area contributed by atoms with Gasteiger partial charge in [-0.1, -0.05) is 0 Å². The minimum atomic E-state index is 0.455. The Labute approximate surface area is 173 Å². The molecule has 0 radical (unpaired) electrons. The second kappa shape index (κ2) is 13.1. The maximum Gasteiger partial charge on any atom is 0.203 e. The average Bonchev–Trinajstić information content (AvgIpc) is 3.26. The van der Waals surface area contributed by atoms with E-state index in [-0.39, 0.29) is 0 Å². The van der Waals surface area contributed by atoms with Crippen molar-refractivity contribution in [1.29, 1.82) is 0 Å². The topological polar surface area (TPSA) is 82.6 Å². The summed E-state index contributed by atoms with van der Waals surface area (Å²) in [6.07, 6.45) is 2.02. The van der Waals surface area contributed by atoms with Crippen molar-refractivity contribution in [1.82, 2.24) is 10.6 Å². The van der Waals surface area contributed by atoms with Crippen LogP contribution in [0.1, 0.15) is 25.3 Å². The van der Waals surface area contributed by atoms with E-state index >= 15 is 0 Å². The number of rotatable bonds is 12. The standard InChI is InChI=1S/C21H35N3O5/c1-5-22-21(23-10-6-11-28-14-16-9-12-29-15-16)24-13-17-7-8-18(25-2)20(27-4)19(17)26-3/h7-8,16H,5-6,9-15H2,1-4H3,(H2,22,23,24). The first-order chi connectivity index (χ1) is 14.2. The Bertz CT molecular complexity index is 633. The number of nitrogens with one attached hydrogen (secondary N) is 2. The zero-order chi connectivity index (χ0) is 20.9. The third kappa shape index (κ3) is 7.29. The van der Waals surface area contributed by atoms with Crippen LogP contribution < -0.4 is 24.8 Å². The summed E-state index contributed by atoms with van der Waals surface area (Å²) in [6.45, 7) is 7.28. The molecule has 1 aliphatic heterocycles. The van der Waals surface area contributed by atoms with Gasteiger partial charge < -0.3 is 34.3 Å². The Kier molecular flexibility index (Phi) is 10.4. The number of hydrogen-bond donors (Lipinski definition) is 2. The lowest BCUT2D eigenvalue weighted by atomic mass is 10.1. The highest BCUT2D eigenvalue weighted by molar-refractivity contribution is 5.79. The van der Waals surface area contributed by atoms with Crippen molar-refractivity contribution >= 4 is 5.96 Å². The molecule has 0 aliphatic carbocycles. The normalized spacial score (nSPS) is 16.6. The Morgan fingerprint density at radius 1 is 1.14 bits per heavy atom. The van der Waals surface area contributed by atoms with Crippen LogP contribution in [0.3, 0.4) is 0 Å². The highest BCUT2D eigenvalue weighted by Gasteiger charge is 2.16. The van der Waals surface area contributed by atoms with Crippen molar-refractivity contribution in [2.24, 2.45) is 10.9 Å². The molecule has 2 rings (SSSR count). The Morgan fingerprint density at radius 2 is 1.97 bits per heavy atom. The van der Waals surface area contributed by atoms with Crippen LogP contribution in [0.5, 0.6) is 17.2 Å². The minimum Gasteiger partial charge on any atom is -0.493 e. The summed E-state index contributed by atoms with van der Waals surface area (Å²) in [5, 5.41) is 6.61. The maximum absolute atomic E-state index is 5.74. The molecule has 1 aliphatic rings. The summed E-state index contributed by atoms with van der Waals surface area (Å²) in [5.41, 5.74) is 0.921. The second-order valence-electron chi connectivity index (χ2n) is 6.77. The number of aliphatic imine (C=N–C) groups is 1. The van der Waals surface area contributed by atoms with Gasteiger partial charge in [-0.2, -0.15) is 0 Å². The van der Waals surface area contributed by atoms with Crippen molar-refractivity contribution in [3.05, 3.63) is 17.7 Å². The zero-order valence-corrected chi connectivity index (χ0v) is 18.1. The van der Waals surface area contributed by atoms with Gasteiger partial charge in [-0.25, -0.2) is 4.99 Å². The maximum atomic E-state index is 5.74. The molecule has 1 unspecified atom stereocenters. The zero-order valence-electron chi connectivity index (χ0n) is 18.1. The Morgan fingerprint density at radius 3 is 2.62 bits per heavy atom. The lowest BCUT2D eigenvalue weighted by molar-refractivity contribution is 0.0888. The molecule has 1 aromatic rings. The van der Waals surface area contributed by atoms with Crippen LogP contribution >= 0.6 is 0 Å². The molecule has 0 spiro atoms. The molecule has 0 amide bonds. The van der Waals surface area contributed by atoms with Crippen molar-refractivity contribution in [2.45, 2.75) is 26.3 Å². The fourth-order valence-corrected chi connectivity index (χ4v) is 3.14. The third-order valence-corrected chi connectivity index (χ3v) is 4.67. The van der Waals surface area contributed by atoms with Gasteiger partial charge in [0.05, 0.1) is 41.1 Å². The number of methoxy groups -OCH3 is 3. The molecule has 0 saturated carbocycles. The lowest BCUT2D eigenvalue weighted by Gasteiger charge is -2.16. The molecule has 1 saturated heterocycles. The molecular weight excluding hydrogens is 374 g/mol. The van der Waals surface area contributed by atoms with Crippen LogP contribution in [0.25, 0.3) is 0 Å². The quantitative estimate of drug-likeness (QED) is 0.311. The van der Waals surface area contributed by atoms with Crippen molar-refractivity contribution < 1.29 is 23.7 Å². The van der Waals surface area contributed by atoms with Crippen LogP contribution in [0.15, 0.2) is 17.1 Å². The van der Waals surface area contributed by atoms with Gasteiger partial charge in [0, 0.05) is 37.8 Å². The van der Waals surface area contributed by atoms with Gasteiger partial charge in [0.15, 0.2) is 17.5 Å². The SMILES string of the molecule is CCNC(=NCc1ccc(OC)c(OC)c1OC)NCCCOCC1CCOC1. The van der Waals surface area contributed by atoms with Gasteiger partial charge in [-0.3, -0.25) is 0 Å². The molecule has 1 fully saturated rings. The third-order valence-electron chi connectivity index (χ3n) is 4.67. The molecule has 29 heavy (non-hydrogen) atoms.